The lowest BCUT2D eigenvalue weighted by atomic mass is 9.99. The monoisotopic (exact) mass is 338 g/mol. The lowest BCUT2D eigenvalue weighted by Crippen LogP contribution is -2.41. The van der Waals surface area contributed by atoms with Crippen molar-refractivity contribution in [3.8, 4) is 5.88 Å². The highest BCUT2D eigenvalue weighted by Crippen LogP contribution is 2.29. The molecule has 0 radical (unpaired) electrons. The van der Waals surface area contributed by atoms with Gasteiger partial charge in [-0.25, -0.2) is 0 Å². The van der Waals surface area contributed by atoms with Crippen LogP contribution in [0.1, 0.15) is 31.0 Å². The first-order valence-corrected chi connectivity index (χ1v) is 8.31. The number of rotatable bonds is 4. The van der Waals surface area contributed by atoms with E-state index >= 15 is 0 Å². The molecular formula is C17H18N6O2. The lowest BCUT2D eigenvalue weighted by Gasteiger charge is -2.35. The van der Waals surface area contributed by atoms with Gasteiger partial charge >= 0.3 is 0 Å². The van der Waals surface area contributed by atoms with E-state index in [1.54, 1.807) is 18.3 Å². The highest BCUT2D eigenvalue weighted by atomic mass is 16.5. The third-order valence-corrected chi connectivity index (χ3v) is 4.33. The number of carbonyl (C=O) groups is 1. The molecule has 0 spiro atoms. The van der Waals surface area contributed by atoms with Crippen LogP contribution in [-0.4, -0.2) is 48.8 Å². The zero-order valence-corrected chi connectivity index (χ0v) is 13.7. The summed E-state index contributed by atoms with van der Waals surface area (Å²) in [6.07, 6.45) is 6.28. The van der Waals surface area contributed by atoms with Crippen LogP contribution in [-0.2, 0) is 4.79 Å². The van der Waals surface area contributed by atoms with Crippen LogP contribution in [0, 0.1) is 0 Å². The van der Waals surface area contributed by atoms with Gasteiger partial charge in [-0.15, -0.1) is 15.3 Å². The van der Waals surface area contributed by atoms with E-state index in [1.165, 1.54) is 10.8 Å². The van der Waals surface area contributed by atoms with Gasteiger partial charge in [-0.05, 0) is 37.5 Å². The SMILES string of the molecule is O=C(COc1ccc2nncn2n1)N1CCCC[C@H]1c1ccccn1. The molecule has 1 atom stereocenters. The maximum Gasteiger partial charge on any atom is 0.261 e. The van der Waals surface area contributed by atoms with Crippen LogP contribution in [0.25, 0.3) is 5.65 Å². The number of fused-ring (bicyclic) bond motifs is 1. The molecule has 1 aliphatic rings. The summed E-state index contributed by atoms with van der Waals surface area (Å²) in [4.78, 5) is 19.0. The zero-order chi connectivity index (χ0) is 17.1. The Morgan fingerprint density at radius 2 is 2.20 bits per heavy atom. The molecule has 8 heteroatoms. The topological polar surface area (TPSA) is 85.5 Å². The molecule has 0 saturated carbocycles. The molecule has 0 unspecified atom stereocenters. The van der Waals surface area contributed by atoms with E-state index in [9.17, 15) is 4.79 Å². The van der Waals surface area contributed by atoms with E-state index in [-0.39, 0.29) is 18.6 Å². The van der Waals surface area contributed by atoms with Crippen LogP contribution in [0.5, 0.6) is 5.88 Å². The van der Waals surface area contributed by atoms with Crippen LogP contribution in [0.3, 0.4) is 0 Å². The maximum absolute atomic E-state index is 12.7. The molecule has 3 aromatic rings. The molecule has 1 fully saturated rings. The smallest absolute Gasteiger partial charge is 0.261 e. The molecule has 25 heavy (non-hydrogen) atoms. The normalized spacial score (nSPS) is 17.6. The van der Waals surface area contributed by atoms with Crippen molar-refractivity contribution in [1.29, 1.82) is 0 Å². The van der Waals surface area contributed by atoms with E-state index in [0.29, 0.717) is 11.5 Å². The van der Waals surface area contributed by atoms with Gasteiger partial charge in [0, 0.05) is 18.8 Å². The van der Waals surface area contributed by atoms with Crippen LogP contribution in [0.15, 0.2) is 42.9 Å². The van der Waals surface area contributed by atoms with Gasteiger partial charge < -0.3 is 9.64 Å². The van der Waals surface area contributed by atoms with Crippen molar-refractivity contribution in [3.63, 3.8) is 0 Å². The molecule has 0 aromatic carbocycles. The Bertz CT molecular complexity index is 866. The Morgan fingerprint density at radius 3 is 3.08 bits per heavy atom. The molecule has 1 aliphatic heterocycles. The third kappa shape index (κ3) is 3.28. The van der Waals surface area contributed by atoms with Crippen LogP contribution < -0.4 is 4.74 Å². The van der Waals surface area contributed by atoms with E-state index in [1.807, 2.05) is 23.1 Å². The third-order valence-electron chi connectivity index (χ3n) is 4.33. The number of ether oxygens (including phenoxy) is 1. The molecule has 4 rings (SSSR count). The number of carbonyl (C=O) groups excluding carboxylic acids is 1. The highest BCUT2D eigenvalue weighted by molar-refractivity contribution is 5.78. The number of pyridine rings is 1. The predicted molar refractivity (Wildman–Crippen MR) is 88.8 cm³/mol. The predicted octanol–water partition coefficient (Wildman–Crippen LogP) is 1.65. The Balaban J connectivity index is 1.45. The summed E-state index contributed by atoms with van der Waals surface area (Å²) in [6, 6.07) is 9.25. The lowest BCUT2D eigenvalue weighted by molar-refractivity contribution is -0.137. The number of hydrogen-bond donors (Lipinski definition) is 0. The van der Waals surface area contributed by atoms with E-state index in [4.69, 9.17) is 4.74 Å². The number of likely N-dealkylation sites (tertiary alicyclic amines) is 1. The Morgan fingerprint density at radius 1 is 1.24 bits per heavy atom. The van der Waals surface area contributed by atoms with Crippen molar-refractivity contribution in [2.24, 2.45) is 0 Å². The first kappa shape index (κ1) is 15.5. The molecule has 3 aromatic heterocycles. The minimum absolute atomic E-state index is 0.0133. The van der Waals surface area contributed by atoms with Crippen LogP contribution in [0.4, 0.5) is 0 Å². The fraction of sp³-hybridized carbons (Fsp3) is 0.353. The summed E-state index contributed by atoms with van der Waals surface area (Å²) in [5.41, 5.74) is 1.56. The summed E-state index contributed by atoms with van der Waals surface area (Å²) < 4.78 is 7.09. The quantitative estimate of drug-likeness (QED) is 0.719. The van der Waals surface area contributed by atoms with Gasteiger partial charge in [0.2, 0.25) is 5.88 Å². The first-order valence-electron chi connectivity index (χ1n) is 8.31. The summed E-state index contributed by atoms with van der Waals surface area (Å²) >= 11 is 0. The van der Waals surface area contributed by atoms with Crippen LogP contribution >= 0.6 is 0 Å². The fourth-order valence-electron chi connectivity index (χ4n) is 3.12. The molecular weight excluding hydrogens is 320 g/mol. The molecule has 128 valence electrons. The average Bonchev–Trinajstić information content (AvgIpc) is 3.14. The minimum Gasteiger partial charge on any atom is -0.467 e. The van der Waals surface area contributed by atoms with E-state index in [2.05, 4.69) is 20.3 Å². The van der Waals surface area contributed by atoms with Gasteiger partial charge in [-0.3, -0.25) is 9.78 Å². The Labute approximate surface area is 144 Å². The van der Waals surface area contributed by atoms with Gasteiger partial charge in [-0.2, -0.15) is 4.52 Å². The summed E-state index contributed by atoms with van der Waals surface area (Å²) in [7, 11) is 0. The van der Waals surface area contributed by atoms with Gasteiger partial charge in [0.15, 0.2) is 12.3 Å². The number of piperidine rings is 1. The second-order valence-corrected chi connectivity index (χ2v) is 5.95. The van der Waals surface area contributed by atoms with Gasteiger partial charge in [0.25, 0.3) is 5.91 Å². The maximum atomic E-state index is 12.7. The molecule has 4 heterocycles. The summed E-state index contributed by atoms with van der Waals surface area (Å²) in [5.74, 6) is 0.313. The average molecular weight is 338 g/mol. The summed E-state index contributed by atoms with van der Waals surface area (Å²) in [6.45, 7) is 0.672. The molecule has 1 saturated heterocycles. The highest BCUT2D eigenvalue weighted by Gasteiger charge is 2.29. The Hall–Kier alpha value is -3.03. The second-order valence-electron chi connectivity index (χ2n) is 5.95. The van der Waals surface area contributed by atoms with Gasteiger partial charge in [-0.1, -0.05) is 6.07 Å². The number of nitrogens with zero attached hydrogens (tertiary/aromatic N) is 6. The molecule has 0 aliphatic carbocycles. The van der Waals surface area contributed by atoms with Gasteiger partial charge in [0.1, 0.15) is 6.33 Å². The number of aromatic nitrogens is 5. The van der Waals surface area contributed by atoms with Crippen molar-refractivity contribution >= 4 is 11.6 Å². The van der Waals surface area contributed by atoms with Crippen molar-refractivity contribution < 1.29 is 9.53 Å². The molecule has 0 N–H and O–H groups in total. The summed E-state index contributed by atoms with van der Waals surface area (Å²) in [5, 5.41) is 11.9. The largest absolute Gasteiger partial charge is 0.467 e. The molecule has 8 nitrogen and oxygen atoms in total. The van der Waals surface area contributed by atoms with Gasteiger partial charge in [0.05, 0.1) is 11.7 Å². The minimum atomic E-state index is -0.0546. The number of hydrogen-bond acceptors (Lipinski definition) is 6. The van der Waals surface area contributed by atoms with E-state index < -0.39 is 0 Å². The number of amides is 1. The van der Waals surface area contributed by atoms with Crippen LogP contribution in [0.2, 0.25) is 0 Å². The second kappa shape index (κ2) is 6.84. The zero-order valence-electron chi connectivity index (χ0n) is 13.7. The standard InChI is InChI=1S/C17H18N6O2/c24-17(11-25-16-8-7-15-20-19-12-23(15)21-16)22-10-4-2-6-14(22)13-5-1-3-9-18-13/h1,3,5,7-9,12,14H,2,4,6,10-11H2/t14-/m0/s1. The Kier molecular flexibility index (Phi) is 4.24. The van der Waals surface area contributed by atoms with Crippen molar-refractivity contribution in [2.75, 3.05) is 13.2 Å². The van der Waals surface area contributed by atoms with Crippen molar-refractivity contribution in [2.45, 2.75) is 25.3 Å². The fourth-order valence-corrected chi connectivity index (χ4v) is 3.12. The van der Waals surface area contributed by atoms with E-state index in [0.717, 1.165) is 31.5 Å². The van der Waals surface area contributed by atoms with Crippen molar-refractivity contribution in [1.82, 2.24) is 29.7 Å². The molecule has 0 bridgehead atoms. The first-order chi connectivity index (χ1) is 12.3. The van der Waals surface area contributed by atoms with Crippen molar-refractivity contribution in [3.05, 3.63) is 48.5 Å². The molecule has 1 amide bonds.